The number of benzene rings is 1. The zero-order chi connectivity index (χ0) is 15.5. The number of hydrogen-bond acceptors (Lipinski definition) is 3. The van der Waals surface area contributed by atoms with Crippen LogP contribution in [-0.4, -0.2) is 41.6 Å². The zero-order valence-electron chi connectivity index (χ0n) is 12.7. The number of carbonyl (C=O) groups is 1. The van der Waals surface area contributed by atoms with Crippen molar-refractivity contribution in [3.8, 4) is 0 Å². The molecule has 2 aliphatic heterocycles. The molecule has 2 N–H and O–H groups in total. The van der Waals surface area contributed by atoms with E-state index in [-0.39, 0.29) is 5.91 Å². The summed E-state index contributed by atoms with van der Waals surface area (Å²) in [7, 11) is 0. The first-order valence-corrected chi connectivity index (χ1v) is 8.46. The SMILES string of the molecule is O=C1CC(C2CCCCN2CC(O)c2ccccc2Cl)CN1. The van der Waals surface area contributed by atoms with Crippen LogP contribution in [0.5, 0.6) is 0 Å². The van der Waals surface area contributed by atoms with Gasteiger partial charge in [0.1, 0.15) is 0 Å². The lowest BCUT2D eigenvalue weighted by molar-refractivity contribution is -0.119. The van der Waals surface area contributed by atoms with Crippen LogP contribution in [0.2, 0.25) is 5.02 Å². The van der Waals surface area contributed by atoms with Crippen molar-refractivity contribution >= 4 is 17.5 Å². The van der Waals surface area contributed by atoms with Crippen LogP contribution in [0.15, 0.2) is 24.3 Å². The summed E-state index contributed by atoms with van der Waals surface area (Å²) in [6.07, 6.45) is 3.49. The van der Waals surface area contributed by atoms with Crippen LogP contribution in [0, 0.1) is 5.92 Å². The van der Waals surface area contributed by atoms with Gasteiger partial charge in [-0.25, -0.2) is 0 Å². The van der Waals surface area contributed by atoms with Gasteiger partial charge in [-0.2, -0.15) is 0 Å². The molecule has 1 aromatic rings. The van der Waals surface area contributed by atoms with Gasteiger partial charge in [-0.1, -0.05) is 36.2 Å². The average molecular weight is 323 g/mol. The molecule has 22 heavy (non-hydrogen) atoms. The van der Waals surface area contributed by atoms with Crippen LogP contribution in [0.4, 0.5) is 0 Å². The summed E-state index contributed by atoms with van der Waals surface area (Å²) in [5.41, 5.74) is 0.786. The molecule has 1 aromatic carbocycles. The number of piperidine rings is 1. The Kier molecular flexibility index (Phi) is 5.01. The molecule has 0 bridgehead atoms. The maximum atomic E-state index is 11.5. The van der Waals surface area contributed by atoms with Crippen molar-refractivity contribution in [2.45, 2.75) is 37.8 Å². The minimum atomic E-state index is -0.584. The molecule has 3 atom stereocenters. The van der Waals surface area contributed by atoms with Crippen LogP contribution in [0.1, 0.15) is 37.4 Å². The molecule has 0 saturated carbocycles. The number of aliphatic hydroxyl groups excluding tert-OH is 1. The quantitative estimate of drug-likeness (QED) is 0.895. The minimum Gasteiger partial charge on any atom is -0.387 e. The van der Waals surface area contributed by atoms with Crippen LogP contribution in [0.3, 0.4) is 0 Å². The van der Waals surface area contributed by atoms with Gasteiger partial charge in [0.15, 0.2) is 0 Å². The molecular formula is C17H23ClN2O2. The number of carbonyl (C=O) groups excluding carboxylic acids is 1. The normalized spacial score (nSPS) is 27.6. The predicted octanol–water partition coefficient (Wildman–Crippen LogP) is 2.36. The van der Waals surface area contributed by atoms with E-state index < -0.39 is 6.10 Å². The van der Waals surface area contributed by atoms with E-state index in [0.29, 0.717) is 29.9 Å². The molecule has 0 spiro atoms. The summed E-state index contributed by atoms with van der Waals surface area (Å²) < 4.78 is 0. The molecule has 2 fully saturated rings. The molecule has 0 radical (unpaired) electrons. The van der Waals surface area contributed by atoms with Crippen LogP contribution in [0.25, 0.3) is 0 Å². The van der Waals surface area contributed by atoms with E-state index in [1.165, 1.54) is 6.42 Å². The van der Waals surface area contributed by atoms with Gasteiger partial charge < -0.3 is 10.4 Å². The number of rotatable bonds is 4. The number of likely N-dealkylation sites (tertiary alicyclic amines) is 1. The first-order valence-electron chi connectivity index (χ1n) is 8.08. The molecule has 5 heteroatoms. The fraction of sp³-hybridized carbons (Fsp3) is 0.588. The molecule has 0 aromatic heterocycles. The summed E-state index contributed by atoms with van der Waals surface area (Å²) in [4.78, 5) is 13.8. The van der Waals surface area contributed by atoms with Crippen LogP contribution < -0.4 is 5.32 Å². The maximum absolute atomic E-state index is 11.5. The van der Waals surface area contributed by atoms with Crippen LogP contribution in [-0.2, 0) is 4.79 Å². The first kappa shape index (κ1) is 15.8. The Balaban J connectivity index is 1.69. The molecule has 3 unspecified atom stereocenters. The van der Waals surface area contributed by atoms with Crippen LogP contribution >= 0.6 is 11.6 Å². The van der Waals surface area contributed by atoms with Gasteiger partial charge in [0, 0.05) is 42.1 Å². The van der Waals surface area contributed by atoms with Crippen molar-refractivity contribution in [3.05, 3.63) is 34.9 Å². The molecule has 120 valence electrons. The number of nitrogens with zero attached hydrogens (tertiary/aromatic N) is 1. The number of hydrogen-bond donors (Lipinski definition) is 2. The summed E-state index contributed by atoms with van der Waals surface area (Å²) in [5.74, 6) is 0.522. The summed E-state index contributed by atoms with van der Waals surface area (Å²) in [6, 6.07) is 7.85. The van der Waals surface area contributed by atoms with E-state index in [1.807, 2.05) is 24.3 Å². The highest BCUT2D eigenvalue weighted by molar-refractivity contribution is 6.31. The Hall–Kier alpha value is -1.10. The van der Waals surface area contributed by atoms with Crippen molar-refractivity contribution in [1.82, 2.24) is 10.2 Å². The Morgan fingerprint density at radius 3 is 2.91 bits per heavy atom. The molecule has 2 saturated heterocycles. The number of nitrogens with one attached hydrogen (secondary N) is 1. The molecule has 0 aliphatic carbocycles. The van der Waals surface area contributed by atoms with Gasteiger partial charge in [-0.05, 0) is 25.5 Å². The molecule has 3 rings (SSSR count). The van der Waals surface area contributed by atoms with Gasteiger partial charge in [-0.15, -0.1) is 0 Å². The van der Waals surface area contributed by atoms with E-state index in [2.05, 4.69) is 10.2 Å². The van der Waals surface area contributed by atoms with E-state index in [0.717, 1.165) is 31.5 Å². The van der Waals surface area contributed by atoms with Crippen molar-refractivity contribution < 1.29 is 9.90 Å². The lowest BCUT2D eigenvalue weighted by Gasteiger charge is -2.39. The van der Waals surface area contributed by atoms with E-state index in [4.69, 9.17) is 11.6 Å². The Bertz CT molecular complexity index is 537. The monoisotopic (exact) mass is 322 g/mol. The van der Waals surface area contributed by atoms with E-state index in [9.17, 15) is 9.90 Å². The molecule has 2 aliphatic rings. The number of halogens is 1. The summed E-state index contributed by atoms with van der Waals surface area (Å²) >= 11 is 6.19. The Labute approximate surface area is 136 Å². The van der Waals surface area contributed by atoms with Gasteiger partial charge in [0.25, 0.3) is 0 Å². The second kappa shape index (κ2) is 6.99. The zero-order valence-corrected chi connectivity index (χ0v) is 13.4. The van der Waals surface area contributed by atoms with Crippen molar-refractivity contribution in [2.24, 2.45) is 5.92 Å². The second-order valence-corrected chi connectivity index (χ2v) is 6.77. The molecule has 4 nitrogen and oxygen atoms in total. The Morgan fingerprint density at radius 1 is 1.36 bits per heavy atom. The third-order valence-corrected chi connectivity index (χ3v) is 5.23. The van der Waals surface area contributed by atoms with Gasteiger partial charge in [0.05, 0.1) is 6.10 Å². The standard InChI is InChI=1S/C17H23ClN2O2/c18-14-6-2-1-5-13(14)16(21)11-20-8-4-3-7-15(20)12-9-17(22)19-10-12/h1-2,5-6,12,15-16,21H,3-4,7-11H2,(H,19,22). The van der Waals surface area contributed by atoms with Gasteiger partial charge in [0.2, 0.25) is 5.91 Å². The molecule has 1 amide bonds. The van der Waals surface area contributed by atoms with Crippen molar-refractivity contribution in [1.29, 1.82) is 0 Å². The topological polar surface area (TPSA) is 52.6 Å². The molecule has 2 heterocycles. The highest BCUT2D eigenvalue weighted by atomic mass is 35.5. The molecular weight excluding hydrogens is 300 g/mol. The summed E-state index contributed by atoms with van der Waals surface area (Å²) in [5, 5.41) is 14.1. The third kappa shape index (κ3) is 3.45. The van der Waals surface area contributed by atoms with E-state index in [1.54, 1.807) is 0 Å². The average Bonchev–Trinajstić information content (AvgIpc) is 2.94. The smallest absolute Gasteiger partial charge is 0.220 e. The maximum Gasteiger partial charge on any atom is 0.220 e. The first-order chi connectivity index (χ1) is 10.6. The fourth-order valence-corrected chi connectivity index (χ4v) is 4.00. The highest BCUT2D eigenvalue weighted by Crippen LogP contribution is 2.30. The van der Waals surface area contributed by atoms with Gasteiger partial charge >= 0.3 is 0 Å². The lowest BCUT2D eigenvalue weighted by Crippen LogP contribution is -2.46. The fourth-order valence-electron chi connectivity index (χ4n) is 3.74. The van der Waals surface area contributed by atoms with Crippen molar-refractivity contribution in [3.63, 3.8) is 0 Å². The predicted molar refractivity (Wildman–Crippen MR) is 86.7 cm³/mol. The Morgan fingerprint density at radius 2 is 2.18 bits per heavy atom. The largest absolute Gasteiger partial charge is 0.387 e. The number of β-amino-alcohol motifs (C(OH)–C–C–N with tert-alkyl or cyclic N) is 1. The van der Waals surface area contributed by atoms with E-state index >= 15 is 0 Å². The lowest BCUT2D eigenvalue weighted by atomic mass is 9.89. The second-order valence-electron chi connectivity index (χ2n) is 6.36. The highest BCUT2D eigenvalue weighted by Gasteiger charge is 2.35. The van der Waals surface area contributed by atoms with Gasteiger partial charge in [-0.3, -0.25) is 9.69 Å². The number of amides is 1. The minimum absolute atomic E-state index is 0.155. The van der Waals surface area contributed by atoms with Crippen molar-refractivity contribution in [2.75, 3.05) is 19.6 Å². The number of aliphatic hydroxyl groups is 1. The summed E-state index contributed by atoms with van der Waals surface area (Å²) in [6.45, 7) is 2.33. The third-order valence-electron chi connectivity index (χ3n) is 4.89.